The molecule has 2 aliphatic rings. The summed E-state index contributed by atoms with van der Waals surface area (Å²) in [5, 5.41) is 21.6. The Hall–Kier alpha value is -4.64. The molecule has 0 radical (unpaired) electrons. The summed E-state index contributed by atoms with van der Waals surface area (Å²) in [7, 11) is 0. The van der Waals surface area contributed by atoms with Gasteiger partial charge in [0.2, 0.25) is 17.7 Å². The average Bonchev–Trinajstić information content (AvgIpc) is 2.92. The van der Waals surface area contributed by atoms with Crippen LogP contribution in [-0.2, 0) is 33.8 Å². The number of rotatable bonds is 6. The molecule has 0 aliphatic carbocycles. The molecule has 3 amide bonds. The predicted molar refractivity (Wildman–Crippen MR) is 135 cm³/mol. The Kier molecular flexibility index (Phi) is 6.60. The lowest BCUT2D eigenvalue weighted by Gasteiger charge is -2.45. The Morgan fingerprint density at radius 2 is 1.70 bits per heavy atom. The van der Waals surface area contributed by atoms with Gasteiger partial charge in [0, 0.05) is 19.5 Å². The second-order valence-electron chi connectivity index (χ2n) is 9.32. The number of piperazine rings is 1. The van der Waals surface area contributed by atoms with E-state index in [-0.39, 0.29) is 24.1 Å². The topological polar surface area (TPSA) is 114 Å². The number of aromatic hydroxyl groups is 1. The molecular formula is C29H26N4O4. The van der Waals surface area contributed by atoms with E-state index in [1.807, 2.05) is 24.3 Å². The molecule has 8 heteroatoms. The van der Waals surface area contributed by atoms with Gasteiger partial charge < -0.3 is 20.2 Å². The zero-order valence-corrected chi connectivity index (χ0v) is 20.1. The van der Waals surface area contributed by atoms with Crippen LogP contribution in [0.25, 0.3) is 0 Å². The van der Waals surface area contributed by atoms with Crippen molar-refractivity contribution < 1.29 is 19.5 Å². The molecule has 37 heavy (non-hydrogen) atoms. The van der Waals surface area contributed by atoms with E-state index >= 15 is 0 Å². The quantitative estimate of drug-likeness (QED) is 0.547. The van der Waals surface area contributed by atoms with Gasteiger partial charge in [-0.1, -0.05) is 48.5 Å². The first kappa shape index (κ1) is 24.1. The van der Waals surface area contributed by atoms with E-state index in [0.717, 1.165) is 16.7 Å². The maximum Gasteiger partial charge on any atom is 0.247 e. The first-order valence-electron chi connectivity index (χ1n) is 12.2. The van der Waals surface area contributed by atoms with Crippen LogP contribution in [-0.4, -0.2) is 51.8 Å². The van der Waals surface area contributed by atoms with Gasteiger partial charge in [-0.15, -0.1) is 0 Å². The number of nitriles is 1. The standard InChI is InChI=1S/C29H26N4O4/c30-16-20-5-9-21(10-6-20)27(28(36)31-14-13-19-7-11-24(34)12-8-19)33-18-26(35)32-17-23-4-2-1-3-22(23)15-25(32)29(33)37/h1-12,25,27,34H,13-15,17-18H2,(H,31,36)/t25-,27?/m0/s1. The largest absolute Gasteiger partial charge is 0.508 e. The fourth-order valence-electron chi connectivity index (χ4n) is 5.03. The summed E-state index contributed by atoms with van der Waals surface area (Å²) in [6, 6.07) is 21.4. The molecule has 5 rings (SSSR count). The van der Waals surface area contributed by atoms with Crippen molar-refractivity contribution in [3.8, 4) is 11.8 Å². The van der Waals surface area contributed by atoms with Crippen LogP contribution in [0, 0.1) is 11.3 Å². The third-order valence-corrected chi connectivity index (χ3v) is 7.01. The lowest BCUT2D eigenvalue weighted by atomic mass is 9.90. The lowest BCUT2D eigenvalue weighted by Crippen LogP contribution is -2.63. The van der Waals surface area contributed by atoms with Crippen LogP contribution in [0.15, 0.2) is 72.8 Å². The zero-order valence-electron chi connectivity index (χ0n) is 20.1. The Labute approximate surface area is 214 Å². The van der Waals surface area contributed by atoms with Gasteiger partial charge >= 0.3 is 0 Å². The number of carbonyl (C=O) groups is 3. The molecule has 1 saturated heterocycles. The number of phenols is 1. The van der Waals surface area contributed by atoms with E-state index in [0.29, 0.717) is 37.1 Å². The third kappa shape index (κ3) is 4.89. The minimum Gasteiger partial charge on any atom is -0.508 e. The number of hydrogen-bond acceptors (Lipinski definition) is 5. The van der Waals surface area contributed by atoms with E-state index < -0.39 is 18.0 Å². The predicted octanol–water partition coefficient (Wildman–Crippen LogP) is 2.46. The Bertz CT molecular complexity index is 1380. The summed E-state index contributed by atoms with van der Waals surface area (Å²) in [6.45, 7) is 0.489. The van der Waals surface area contributed by atoms with Crippen molar-refractivity contribution in [2.45, 2.75) is 31.5 Å². The highest BCUT2D eigenvalue weighted by molar-refractivity contribution is 5.99. The molecule has 2 N–H and O–H groups in total. The molecule has 186 valence electrons. The van der Waals surface area contributed by atoms with E-state index in [4.69, 9.17) is 0 Å². The molecule has 1 unspecified atom stereocenters. The van der Waals surface area contributed by atoms with Gasteiger partial charge in [0.25, 0.3) is 0 Å². The van der Waals surface area contributed by atoms with Crippen LogP contribution in [0.3, 0.4) is 0 Å². The minimum atomic E-state index is -1.01. The monoisotopic (exact) mass is 494 g/mol. The average molecular weight is 495 g/mol. The van der Waals surface area contributed by atoms with Gasteiger partial charge in [0.15, 0.2) is 0 Å². The first-order valence-corrected chi connectivity index (χ1v) is 12.2. The Morgan fingerprint density at radius 1 is 1.00 bits per heavy atom. The summed E-state index contributed by atoms with van der Waals surface area (Å²) in [6.07, 6.45) is 0.936. The van der Waals surface area contributed by atoms with Crippen molar-refractivity contribution >= 4 is 17.7 Å². The zero-order chi connectivity index (χ0) is 25.9. The van der Waals surface area contributed by atoms with E-state index in [2.05, 4.69) is 11.4 Å². The highest BCUT2D eigenvalue weighted by Crippen LogP contribution is 2.32. The fraction of sp³-hybridized carbons (Fsp3) is 0.241. The van der Waals surface area contributed by atoms with Gasteiger partial charge in [-0.25, -0.2) is 0 Å². The summed E-state index contributed by atoms with van der Waals surface area (Å²) in [5.41, 5.74) is 3.97. The van der Waals surface area contributed by atoms with Gasteiger partial charge in [-0.3, -0.25) is 14.4 Å². The highest BCUT2D eigenvalue weighted by atomic mass is 16.3. The van der Waals surface area contributed by atoms with Crippen LogP contribution in [0.1, 0.15) is 33.9 Å². The molecule has 2 heterocycles. The van der Waals surface area contributed by atoms with Crippen molar-refractivity contribution in [3.05, 3.63) is 101 Å². The summed E-state index contributed by atoms with van der Waals surface area (Å²) < 4.78 is 0. The number of carbonyl (C=O) groups excluding carboxylic acids is 3. The molecule has 3 aromatic carbocycles. The summed E-state index contributed by atoms with van der Waals surface area (Å²) >= 11 is 0. The van der Waals surface area contributed by atoms with E-state index in [1.54, 1.807) is 53.4 Å². The molecule has 0 aromatic heterocycles. The number of nitrogens with one attached hydrogen (secondary N) is 1. The highest BCUT2D eigenvalue weighted by Gasteiger charge is 2.46. The molecule has 8 nitrogen and oxygen atoms in total. The van der Waals surface area contributed by atoms with Crippen LogP contribution in [0.4, 0.5) is 0 Å². The van der Waals surface area contributed by atoms with Gasteiger partial charge in [-0.2, -0.15) is 5.26 Å². The SMILES string of the molecule is N#Cc1ccc(C(C(=O)NCCc2ccc(O)cc2)N2CC(=O)N3Cc4ccccc4C[C@H]3C2=O)cc1. The van der Waals surface area contributed by atoms with Crippen molar-refractivity contribution in [2.24, 2.45) is 0 Å². The molecule has 0 bridgehead atoms. The van der Waals surface area contributed by atoms with Gasteiger partial charge in [-0.05, 0) is 52.9 Å². The maximum absolute atomic E-state index is 13.8. The number of phenolic OH excluding ortho intramolecular Hbond substituents is 1. The number of amides is 3. The fourth-order valence-corrected chi connectivity index (χ4v) is 5.03. The van der Waals surface area contributed by atoms with Crippen molar-refractivity contribution in [3.63, 3.8) is 0 Å². The molecule has 1 fully saturated rings. The van der Waals surface area contributed by atoms with Crippen molar-refractivity contribution in [2.75, 3.05) is 13.1 Å². The van der Waals surface area contributed by atoms with Crippen molar-refractivity contribution in [1.82, 2.24) is 15.1 Å². The molecule has 2 atom stereocenters. The minimum absolute atomic E-state index is 0.168. The lowest BCUT2D eigenvalue weighted by molar-refractivity contribution is -0.161. The second-order valence-corrected chi connectivity index (χ2v) is 9.32. The molecular weight excluding hydrogens is 468 g/mol. The van der Waals surface area contributed by atoms with Gasteiger partial charge in [0.1, 0.15) is 24.4 Å². The van der Waals surface area contributed by atoms with Crippen LogP contribution in [0.5, 0.6) is 5.75 Å². The molecule has 2 aliphatic heterocycles. The van der Waals surface area contributed by atoms with Crippen LogP contribution in [0.2, 0.25) is 0 Å². The Balaban J connectivity index is 1.40. The second kappa shape index (κ2) is 10.2. The van der Waals surface area contributed by atoms with E-state index in [1.165, 1.54) is 4.90 Å². The van der Waals surface area contributed by atoms with Gasteiger partial charge in [0.05, 0.1) is 11.6 Å². The normalized spacial score (nSPS) is 17.4. The number of benzene rings is 3. The third-order valence-electron chi connectivity index (χ3n) is 7.01. The number of nitrogens with zero attached hydrogens (tertiary/aromatic N) is 3. The first-order chi connectivity index (χ1) is 17.9. The van der Waals surface area contributed by atoms with E-state index in [9.17, 15) is 24.8 Å². The summed E-state index contributed by atoms with van der Waals surface area (Å²) in [4.78, 5) is 43.5. The smallest absolute Gasteiger partial charge is 0.247 e. The van der Waals surface area contributed by atoms with Crippen molar-refractivity contribution in [1.29, 1.82) is 5.26 Å². The molecule has 3 aromatic rings. The number of hydrogen-bond donors (Lipinski definition) is 2. The molecule has 0 saturated carbocycles. The Morgan fingerprint density at radius 3 is 2.41 bits per heavy atom. The maximum atomic E-state index is 13.8. The number of fused-ring (bicyclic) bond motifs is 2. The van der Waals surface area contributed by atoms with Crippen LogP contribution < -0.4 is 5.32 Å². The van der Waals surface area contributed by atoms with Crippen LogP contribution >= 0.6 is 0 Å². The summed E-state index contributed by atoms with van der Waals surface area (Å²) in [5.74, 6) is -0.692. The molecule has 0 spiro atoms.